The number of benzene rings is 2. The molecule has 2 rings (SSSR count). The van der Waals surface area contributed by atoms with Gasteiger partial charge in [0.2, 0.25) is 0 Å². The van der Waals surface area contributed by atoms with E-state index in [2.05, 4.69) is 5.32 Å². The molecular weight excluding hydrogens is 334 g/mol. The van der Waals surface area contributed by atoms with Gasteiger partial charge in [0.05, 0.1) is 13.7 Å². The molecule has 0 aromatic heterocycles. The van der Waals surface area contributed by atoms with Crippen LogP contribution in [0.15, 0.2) is 42.5 Å². The second-order valence-electron chi connectivity index (χ2n) is 5.74. The van der Waals surface area contributed by atoms with Crippen LogP contribution in [0.3, 0.4) is 0 Å². The number of ketones is 1. The third-order valence-corrected chi connectivity index (χ3v) is 3.72. The Balaban J connectivity index is 1.89. The maximum Gasteiger partial charge on any atom is 0.258 e. The molecule has 26 heavy (non-hydrogen) atoms. The topological polar surface area (TPSA) is 73.9 Å². The molecule has 0 saturated heterocycles. The number of carbonyl (C=O) groups excluding carboxylic acids is 2. The Hall–Kier alpha value is -2.86. The number of rotatable bonds is 9. The molecule has 0 aliphatic carbocycles. The first-order valence-corrected chi connectivity index (χ1v) is 8.18. The van der Waals surface area contributed by atoms with E-state index >= 15 is 0 Å². The molecule has 0 fully saturated rings. The molecule has 0 atom stereocenters. The van der Waals surface area contributed by atoms with Gasteiger partial charge in [0.1, 0.15) is 0 Å². The van der Waals surface area contributed by atoms with E-state index in [4.69, 9.17) is 14.2 Å². The van der Waals surface area contributed by atoms with Gasteiger partial charge in [0.15, 0.2) is 23.9 Å². The Morgan fingerprint density at radius 3 is 2.46 bits per heavy atom. The number of nitrogens with one attached hydrogen (secondary N) is 1. The first-order chi connectivity index (χ1) is 12.5. The zero-order valence-electron chi connectivity index (χ0n) is 15.2. The van der Waals surface area contributed by atoms with Crippen LogP contribution in [-0.2, 0) is 22.7 Å². The average Bonchev–Trinajstić information content (AvgIpc) is 2.65. The molecule has 1 amide bonds. The summed E-state index contributed by atoms with van der Waals surface area (Å²) in [5, 5.41) is 2.81. The Labute approximate surface area is 153 Å². The van der Waals surface area contributed by atoms with Crippen molar-refractivity contribution in [2.45, 2.75) is 20.1 Å². The molecule has 6 heteroatoms. The van der Waals surface area contributed by atoms with Crippen molar-refractivity contribution < 1.29 is 23.8 Å². The highest BCUT2D eigenvalue weighted by Gasteiger charge is 2.10. The minimum Gasteiger partial charge on any atom is -0.493 e. The van der Waals surface area contributed by atoms with Gasteiger partial charge in [0.25, 0.3) is 5.91 Å². The fourth-order valence-corrected chi connectivity index (χ4v) is 2.40. The largest absolute Gasteiger partial charge is 0.493 e. The first kappa shape index (κ1) is 19.5. The van der Waals surface area contributed by atoms with Gasteiger partial charge in [-0.05, 0) is 36.2 Å². The third kappa shape index (κ3) is 5.60. The summed E-state index contributed by atoms with van der Waals surface area (Å²) < 4.78 is 15.8. The quantitative estimate of drug-likeness (QED) is 0.699. The van der Waals surface area contributed by atoms with Crippen LogP contribution >= 0.6 is 0 Å². The van der Waals surface area contributed by atoms with Crippen LogP contribution in [0, 0.1) is 0 Å². The summed E-state index contributed by atoms with van der Waals surface area (Å²) in [6.07, 6.45) is 0. The number of methoxy groups -OCH3 is 2. The molecule has 2 aromatic carbocycles. The van der Waals surface area contributed by atoms with Crippen molar-refractivity contribution in [3.8, 4) is 11.5 Å². The van der Waals surface area contributed by atoms with Gasteiger partial charge in [-0.15, -0.1) is 0 Å². The molecule has 0 aliphatic rings. The summed E-state index contributed by atoms with van der Waals surface area (Å²) >= 11 is 0. The van der Waals surface area contributed by atoms with Crippen LogP contribution in [0.25, 0.3) is 0 Å². The number of carbonyl (C=O) groups is 2. The van der Waals surface area contributed by atoms with Crippen LogP contribution < -0.4 is 14.8 Å². The molecule has 138 valence electrons. The van der Waals surface area contributed by atoms with E-state index in [0.717, 1.165) is 11.1 Å². The van der Waals surface area contributed by atoms with E-state index in [1.807, 2.05) is 24.3 Å². The second kappa shape index (κ2) is 9.58. The minimum absolute atomic E-state index is 0.0664. The summed E-state index contributed by atoms with van der Waals surface area (Å²) in [7, 11) is 3.13. The lowest BCUT2D eigenvalue weighted by Crippen LogP contribution is -2.28. The molecule has 1 N–H and O–H groups in total. The fraction of sp³-hybridized carbons (Fsp3) is 0.300. The number of Topliss-reactive ketones (excluding diaryl/α,β-unsaturated/α-hetero) is 1. The zero-order valence-corrected chi connectivity index (χ0v) is 15.2. The van der Waals surface area contributed by atoms with Gasteiger partial charge in [-0.25, -0.2) is 0 Å². The highest BCUT2D eigenvalue weighted by Crippen LogP contribution is 2.28. The summed E-state index contributed by atoms with van der Waals surface area (Å²) in [5.41, 5.74) is 2.55. The SMILES string of the molecule is COCc1cccc(CNC(=O)COc2ccc(C(C)=O)cc2OC)c1. The maximum atomic E-state index is 12.0. The van der Waals surface area contributed by atoms with Gasteiger partial charge in [-0.1, -0.05) is 24.3 Å². The van der Waals surface area contributed by atoms with Crippen molar-refractivity contribution in [1.82, 2.24) is 5.32 Å². The van der Waals surface area contributed by atoms with Crippen LogP contribution in [0.1, 0.15) is 28.4 Å². The van der Waals surface area contributed by atoms with E-state index in [0.29, 0.717) is 30.2 Å². The van der Waals surface area contributed by atoms with Gasteiger partial charge >= 0.3 is 0 Å². The number of hydrogen-bond donors (Lipinski definition) is 1. The molecule has 0 radical (unpaired) electrons. The minimum atomic E-state index is -0.250. The predicted octanol–water partition coefficient (Wildman–Crippen LogP) is 2.74. The van der Waals surface area contributed by atoms with E-state index in [1.165, 1.54) is 14.0 Å². The summed E-state index contributed by atoms with van der Waals surface area (Å²) in [6.45, 7) is 2.26. The summed E-state index contributed by atoms with van der Waals surface area (Å²) in [6, 6.07) is 12.7. The van der Waals surface area contributed by atoms with Crippen LogP contribution in [0.4, 0.5) is 0 Å². The molecule has 2 aromatic rings. The monoisotopic (exact) mass is 357 g/mol. The smallest absolute Gasteiger partial charge is 0.258 e. The number of hydrogen-bond acceptors (Lipinski definition) is 5. The number of ether oxygens (including phenoxy) is 3. The first-order valence-electron chi connectivity index (χ1n) is 8.18. The van der Waals surface area contributed by atoms with Gasteiger partial charge < -0.3 is 19.5 Å². The lowest BCUT2D eigenvalue weighted by Gasteiger charge is -2.12. The standard InChI is InChI=1S/C20H23NO5/c1-14(22)17-7-8-18(19(10-17)25-3)26-13-20(23)21-11-15-5-4-6-16(9-15)12-24-2/h4-10H,11-13H2,1-3H3,(H,21,23). The van der Waals surface area contributed by atoms with Gasteiger partial charge in [-0.3, -0.25) is 9.59 Å². The molecule has 0 saturated carbocycles. The normalized spacial score (nSPS) is 10.3. The van der Waals surface area contributed by atoms with Gasteiger partial charge in [0, 0.05) is 19.2 Å². The molecule has 0 unspecified atom stereocenters. The summed E-state index contributed by atoms with van der Waals surface area (Å²) in [5.74, 6) is 0.510. The molecular formula is C20H23NO5. The zero-order chi connectivity index (χ0) is 18.9. The second-order valence-corrected chi connectivity index (χ2v) is 5.74. The third-order valence-electron chi connectivity index (χ3n) is 3.72. The van der Waals surface area contributed by atoms with Crippen molar-refractivity contribution >= 4 is 11.7 Å². The molecule has 0 heterocycles. The van der Waals surface area contributed by atoms with E-state index < -0.39 is 0 Å². The number of amides is 1. The van der Waals surface area contributed by atoms with Crippen LogP contribution in [0.5, 0.6) is 11.5 Å². The Kier molecular flexibility index (Phi) is 7.17. The average molecular weight is 357 g/mol. The lowest BCUT2D eigenvalue weighted by atomic mass is 10.1. The van der Waals surface area contributed by atoms with Crippen LogP contribution in [0.2, 0.25) is 0 Å². The van der Waals surface area contributed by atoms with Crippen molar-refractivity contribution in [2.75, 3.05) is 20.8 Å². The fourth-order valence-electron chi connectivity index (χ4n) is 2.40. The summed E-state index contributed by atoms with van der Waals surface area (Å²) in [4.78, 5) is 23.4. The highest BCUT2D eigenvalue weighted by molar-refractivity contribution is 5.94. The molecule has 0 bridgehead atoms. The van der Waals surface area contributed by atoms with E-state index in [1.54, 1.807) is 25.3 Å². The van der Waals surface area contributed by atoms with Crippen molar-refractivity contribution in [2.24, 2.45) is 0 Å². The van der Waals surface area contributed by atoms with Crippen LogP contribution in [-0.4, -0.2) is 32.5 Å². The van der Waals surface area contributed by atoms with Crippen molar-refractivity contribution in [1.29, 1.82) is 0 Å². The molecule has 0 aliphatic heterocycles. The van der Waals surface area contributed by atoms with Crippen molar-refractivity contribution in [3.63, 3.8) is 0 Å². The van der Waals surface area contributed by atoms with Crippen molar-refractivity contribution in [3.05, 3.63) is 59.2 Å². The predicted molar refractivity (Wildman–Crippen MR) is 97.5 cm³/mol. The lowest BCUT2D eigenvalue weighted by molar-refractivity contribution is -0.123. The van der Waals surface area contributed by atoms with E-state index in [9.17, 15) is 9.59 Å². The Morgan fingerprint density at radius 2 is 1.77 bits per heavy atom. The van der Waals surface area contributed by atoms with Gasteiger partial charge in [-0.2, -0.15) is 0 Å². The molecule has 0 spiro atoms. The highest BCUT2D eigenvalue weighted by atomic mass is 16.5. The maximum absolute atomic E-state index is 12.0. The molecule has 6 nitrogen and oxygen atoms in total. The van der Waals surface area contributed by atoms with E-state index in [-0.39, 0.29) is 18.3 Å². The Morgan fingerprint density at radius 1 is 1.00 bits per heavy atom. The Bertz CT molecular complexity index is 773.